The Morgan fingerprint density at radius 2 is 1.88 bits per heavy atom. The molecule has 0 spiro atoms. The van der Waals surface area contributed by atoms with Crippen LogP contribution in [0, 0.1) is 0 Å². The molecule has 0 saturated heterocycles. The van der Waals surface area contributed by atoms with Gasteiger partial charge in [-0.2, -0.15) is 0 Å². The molecule has 0 aliphatic rings. The summed E-state index contributed by atoms with van der Waals surface area (Å²) in [7, 11) is 0. The van der Waals surface area contributed by atoms with E-state index in [1.54, 1.807) is 13.8 Å². The molecule has 0 aliphatic carbocycles. The predicted molar refractivity (Wildman–Crippen MR) is 67.6 cm³/mol. The van der Waals surface area contributed by atoms with Gasteiger partial charge >= 0.3 is 0 Å². The molecule has 0 aromatic heterocycles. The fourth-order valence-corrected chi connectivity index (χ4v) is 1.49. The number of benzene rings is 1. The van der Waals surface area contributed by atoms with E-state index in [9.17, 15) is 10.2 Å². The Balaban J connectivity index is 2.14. The molecule has 0 saturated carbocycles. The lowest BCUT2D eigenvalue weighted by atomic mass is 10.0. The van der Waals surface area contributed by atoms with Gasteiger partial charge in [-0.1, -0.05) is 30.3 Å². The van der Waals surface area contributed by atoms with Gasteiger partial charge < -0.3 is 14.9 Å². The largest absolute Gasteiger partial charge is 0.391 e. The van der Waals surface area contributed by atoms with E-state index in [1.165, 1.54) is 0 Å². The molecular weight excluding hydrogens is 216 g/mol. The van der Waals surface area contributed by atoms with Crippen molar-refractivity contribution in [2.24, 2.45) is 0 Å². The van der Waals surface area contributed by atoms with Crippen LogP contribution in [0.4, 0.5) is 0 Å². The molecule has 1 rings (SSSR count). The number of ether oxygens (including phenoxy) is 1. The van der Waals surface area contributed by atoms with Crippen LogP contribution in [0.5, 0.6) is 0 Å². The molecule has 0 bridgehead atoms. The van der Waals surface area contributed by atoms with E-state index in [0.717, 1.165) is 5.56 Å². The highest BCUT2D eigenvalue weighted by Crippen LogP contribution is 2.12. The maximum absolute atomic E-state index is 9.65. The summed E-state index contributed by atoms with van der Waals surface area (Å²) in [6.45, 7) is 4.31. The highest BCUT2D eigenvalue weighted by Gasteiger charge is 2.15. The second-order valence-electron chi connectivity index (χ2n) is 5.01. The average molecular weight is 238 g/mol. The third-order valence-corrected chi connectivity index (χ3v) is 2.51. The van der Waals surface area contributed by atoms with Gasteiger partial charge in [0.25, 0.3) is 0 Å². The van der Waals surface area contributed by atoms with Crippen molar-refractivity contribution in [1.82, 2.24) is 0 Å². The highest BCUT2D eigenvalue weighted by atomic mass is 16.5. The Hall–Kier alpha value is -0.900. The summed E-state index contributed by atoms with van der Waals surface area (Å²) in [6.07, 6.45) is 0.617. The molecule has 1 aromatic carbocycles. The number of hydrogen-bond acceptors (Lipinski definition) is 3. The van der Waals surface area contributed by atoms with Crippen LogP contribution < -0.4 is 0 Å². The van der Waals surface area contributed by atoms with Crippen LogP contribution in [0.3, 0.4) is 0 Å². The maximum atomic E-state index is 9.65. The third kappa shape index (κ3) is 7.10. The summed E-state index contributed by atoms with van der Waals surface area (Å²) < 4.78 is 5.42. The van der Waals surface area contributed by atoms with E-state index in [1.807, 2.05) is 30.3 Å². The average Bonchev–Trinajstić information content (AvgIpc) is 2.27. The van der Waals surface area contributed by atoms with E-state index in [4.69, 9.17) is 4.74 Å². The Bertz CT molecular complexity index is 303. The van der Waals surface area contributed by atoms with Crippen molar-refractivity contribution in [1.29, 1.82) is 0 Å². The van der Waals surface area contributed by atoms with Gasteiger partial charge in [0.15, 0.2) is 0 Å². The van der Waals surface area contributed by atoms with Crippen LogP contribution in [0.15, 0.2) is 30.3 Å². The number of rotatable bonds is 7. The summed E-state index contributed by atoms with van der Waals surface area (Å²) in [4.78, 5) is 0. The van der Waals surface area contributed by atoms with E-state index < -0.39 is 11.7 Å². The monoisotopic (exact) mass is 238 g/mol. The summed E-state index contributed by atoms with van der Waals surface area (Å²) >= 11 is 0. The van der Waals surface area contributed by atoms with Crippen molar-refractivity contribution in [3.05, 3.63) is 35.9 Å². The topological polar surface area (TPSA) is 49.7 Å². The first kappa shape index (κ1) is 14.2. The Morgan fingerprint density at radius 1 is 1.24 bits per heavy atom. The second kappa shape index (κ2) is 6.74. The summed E-state index contributed by atoms with van der Waals surface area (Å²) in [5.41, 5.74) is 0.377. The Labute approximate surface area is 103 Å². The van der Waals surface area contributed by atoms with E-state index in [2.05, 4.69) is 0 Å². The van der Waals surface area contributed by atoms with Gasteiger partial charge in [-0.3, -0.25) is 0 Å². The van der Waals surface area contributed by atoms with Crippen molar-refractivity contribution in [2.45, 2.75) is 45.0 Å². The Kier molecular flexibility index (Phi) is 5.62. The van der Waals surface area contributed by atoms with Gasteiger partial charge in [0.1, 0.15) is 0 Å². The van der Waals surface area contributed by atoms with Crippen LogP contribution in [0.25, 0.3) is 0 Å². The molecule has 2 N–H and O–H groups in total. The number of aliphatic hydroxyl groups is 2. The minimum absolute atomic E-state index is 0.310. The first-order chi connectivity index (χ1) is 7.97. The lowest BCUT2D eigenvalue weighted by Gasteiger charge is -2.19. The van der Waals surface area contributed by atoms with Gasteiger partial charge in [-0.25, -0.2) is 0 Å². The number of aliphatic hydroxyl groups excluding tert-OH is 1. The molecule has 3 heteroatoms. The molecule has 0 fully saturated rings. The zero-order valence-electron chi connectivity index (χ0n) is 10.6. The molecule has 0 aliphatic heterocycles. The zero-order valence-corrected chi connectivity index (χ0v) is 10.6. The first-order valence-corrected chi connectivity index (χ1v) is 5.99. The third-order valence-electron chi connectivity index (χ3n) is 2.51. The van der Waals surface area contributed by atoms with E-state index >= 15 is 0 Å². The smallest absolute Gasteiger partial charge is 0.0774 e. The van der Waals surface area contributed by atoms with E-state index in [-0.39, 0.29) is 0 Å². The maximum Gasteiger partial charge on any atom is 0.0774 e. The summed E-state index contributed by atoms with van der Waals surface area (Å²) in [5, 5.41) is 19.2. The van der Waals surface area contributed by atoms with Crippen LogP contribution in [0.2, 0.25) is 0 Å². The molecular formula is C14H22O3. The zero-order chi connectivity index (χ0) is 12.7. The lowest BCUT2D eigenvalue weighted by Crippen LogP contribution is -2.23. The van der Waals surface area contributed by atoms with Crippen molar-refractivity contribution in [2.75, 3.05) is 6.61 Å². The molecule has 3 nitrogen and oxygen atoms in total. The molecule has 0 amide bonds. The van der Waals surface area contributed by atoms with Crippen molar-refractivity contribution in [3.63, 3.8) is 0 Å². The van der Waals surface area contributed by atoms with Gasteiger partial charge in [0, 0.05) is 0 Å². The van der Waals surface area contributed by atoms with Gasteiger partial charge in [0.05, 0.1) is 24.9 Å². The van der Waals surface area contributed by atoms with Crippen molar-refractivity contribution in [3.8, 4) is 0 Å². The van der Waals surface area contributed by atoms with Crippen molar-refractivity contribution < 1.29 is 14.9 Å². The van der Waals surface area contributed by atoms with Gasteiger partial charge in [-0.15, -0.1) is 0 Å². The highest BCUT2D eigenvalue weighted by molar-refractivity contribution is 5.13. The van der Waals surface area contributed by atoms with Crippen LogP contribution in [-0.4, -0.2) is 28.5 Å². The Morgan fingerprint density at radius 3 is 2.47 bits per heavy atom. The lowest BCUT2D eigenvalue weighted by molar-refractivity contribution is 0.00339. The standard InChI is InChI=1S/C14H22O3/c1-14(2,16)9-8-13(15)11-17-10-12-6-4-3-5-7-12/h3-7,13,15-16H,8-11H2,1-2H3. The molecule has 96 valence electrons. The molecule has 17 heavy (non-hydrogen) atoms. The molecule has 1 atom stereocenters. The first-order valence-electron chi connectivity index (χ1n) is 5.99. The minimum atomic E-state index is -0.722. The fraction of sp³-hybridized carbons (Fsp3) is 0.571. The number of hydrogen-bond donors (Lipinski definition) is 2. The summed E-state index contributed by atoms with van der Waals surface area (Å²) in [6, 6.07) is 9.86. The normalized spacial score (nSPS) is 13.6. The molecule has 1 aromatic rings. The predicted octanol–water partition coefficient (Wildman–Crippen LogP) is 2.12. The SMILES string of the molecule is CC(C)(O)CCC(O)COCc1ccccc1. The van der Waals surface area contributed by atoms with Gasteiger partial charge in [0.2, 0.25) is 0 Å². The van der Waals surface area contributed by atoms with Crippen molar-refractivity contribution >= 4 is 0 Å². The second-order valence-corrected chi connectivity index (χ2v) is 5.01. The summed E-state index contributed by atoms with van der Waals surface area (Å²) in [5.74, 6) is 0. The van der Waals surface area contributed by atoms with Crippen LogP contribution >= 0.6 is 0 Å². The molecule has 1 unspecified atom stereocenters. The van der Waals surface area contributed by atoms with E-state index in [0.29, 0.717) is 26.1 Å². The van der Waals surface area contributed by atoms with Gasteiger partial charge in [-0.05, 0) is 32.3 Å². The van der Waals surface area contributed by atoms with Crippen LogP contribution in [-0.2, 0) is 11.3 Å². The molecule has 0 heterocycles. The minimum Gasteiger partial charge on any atom is -0.391 e. The fourth-order valence-electron chi connectivity index (χ4n) is 1.49. The quantitative estimate of drug-likeness (QED) is 0.765. The van der Waals surface area contributed by atoms with Crippen LogP contribution in [0.1, 0.15) is 32.3 Å². The molecule has 0 radical (unpaired) electrons.